The van der Waals surface area contributed by atoms with E-state index in [9.17, 15) is 4.79 Å². The van der Waals surface area contributed by atoms with Gasteiger partial charge in [0.2, 0.25) is 0 Å². The van der Waals surface area contributed by atoms with E-state index in [1.54, 1.807) is 12.4 Å². The minimum Gasteiger partial charge on any atom is -0.387 e. The van der Waals surface area contributed by atoms with Gasteiger partial charge in [0.25, 0.3) is 5.91 Å². The van der Waals surface area contributed by atoms with E-state index in [1.165, 1.54) is 0 Å². The summed E-state index contributed by atoms with van der Waals surface area (Å²) in [6, 6.07) is 2.29. The van der Waals surface area contributed by atoms with Crippen LogP contribution in [0.2, 0.25) is 0 Å². The van der Waals surface area contributed by atoms with Gasteiger partial charge in [-0.3, -0.25) is 9.78 Å². The minimum absolute atomic E-state index is 0.0665. The Morgan fingerprint density at radius 1 is 1.56 bits per heavy atom. The molecule has 0 aliphatic carbocycles. The second kappa shape index (κ2) is 5.35. The van der Waals surface area contributed by atoms with Crippen LogP contribution in [0.25, 0.3) is 0 Å². The summed E-state index contributed by atoms with van der Waals surface area (Å²) in [6.07, 6.45) is 4.36. The van der Waals surface area contributed by atoms with Crippen LogP contribution >= 0.6 is 0 Å². The molecule has 0 radical (unpaired) electrons. The van der Waals surface area contributed by atoms with Crippen molar-refractivity contribution in [2.45, 2.75) is 12.5 Å². The smallest absolute Gasteiger partial charge is 0.257 e. The number of amides is 1. The van der Waals surface area contributed by atoms with Crippen LogP contribution in [0.4, 0.5) is 5.69 Å². The zero-order valence-corrected chi connectivity index (χ0v) is 11.2. The van der Waals surface area contributed by atoms with Crippen molar-refractivity contribution in [1.29, 1.82) is 0 Å². The fourth-order valence-electron chi connectivity index (χ4n) is 2.30. The second-order valence-electron chi connectivity index (χ2n) is 4.83. The number of rotatable bonds is 3. The highest BCUT2D eigenvalue weighted by Gasteiger charge is 2.29. The fourth-order valence-corrected chi connectivity index (χ4v) is 2.30. The summed E-state index contributed by atoms with van der Waals surface area (Å²) in [7, 11) is 5.93. The molecule has 2 rings (SSSR count). The molecule has 1 amide bonds. The van der Waals surface area contributed by atoms with Gasteiger partial charge in [0.05, 0.1) is 5.56 Å². The van der Waals surface area contributed by atoms with Crippen molar-refractivity contribution < 1.29 is 4.79 Å². The van der Waals surface area contributed by atoms with Crippen molar-refractivity contribution in [3.8, 4) is 0 Å². The Labute approximate surface area is 108 Å². The van der Waals surface area contributed by atoms with Crippen molar-refractivity contribution in [3.63, 3.8) is 0 Å². The van der Waals surface area contributed by atoms with Gasteiger partial charge in [-0.05, 0) is 26.6 Å². The zero-order valence-electron chi connectivity index (χ0n) is 11.2. The molecule has 1 aliphatic rings. The third-order valence-corrected chi connectivity index (χ3v) is 3.50. The molecule has 1 aromatic rings. The number of carbonyl (C=O) groups is 1. The Morgan fingerprint density at radius 3 is 2.94 bits per heavy atom. The Balaban J connectivity index is 2.13. The quantitative estimate of drug-likeness (QED) is 0.863. The Hall–Kier alpha value is -1.62. The number of likely N-dealkylation sites (N-methyl/N-ethyl adjacent to an activating group) is 1. The molecule has 1 fully saturated rings. The average Bonchev–Trinajstić information content (AvgIpc) is 2.87. The second-order valence-corrected chi connectivity index (χ2v) is 4.83. The minimum atomic E-state index is 0.0665. The molecule has 0 spiro atoms. The highest BCUT2D eigenvalue weighted by Crippen LogP contribution is 2.20. The monoisotopic (exact) mass is 248 g/mol. The number of hydrogen-bond acceptors (Lipinski definition) is 4. The highest BCUT2D eigenvalue weighted by atomic mass is 16.2. The summed E-state index contributed by atoms with van der Waals surface area (Å²) in [5.41, 5.74) is 1.49. The summed E-state index contributed by atoms with van der Waals surface area (Å²) < 4.78 is 0. The molecule has 0 saturated carbocycles. The van der Waals surface area contributed by atoms with Crippen LogP contribution in [0.1, 0.15) is 16.8 Å². The predicted octanol–water partition coefficient (Wildman–Crippen LogP) is 0.899. The number of nitrogens with zero attached hydrogens (tertiary/aromatic N) is 3. The number of pyridine rings is 1. The molecule has 5 heteroatoms. The molecule has 98 valence electrons. The number of aromatic nitrogens is 1. The molecule has 5 nitrogen and oxygen atoms in total. The van der Waals surface area contributed by atoms with E-state index in [4.69, 9.17) is 0 Å². The number of anilines is 1. The zero-order chi connectivity index (χ0) is 13.1. The molecule has 1 N–H and O–H groups in total. The van der Waals surface area contributed by atoms with Crippen LogP contribution < -0.4 is 5.32 Å². The maximum atomic E-state index is 12.4. The Bertz CT molecular complexity index is 433. The summed E-state index contributed by atoms with van der Waals surface area (Å²) in [5.74, 6) is 0.0665. The molecule has 1 unspecified atom stereocenters. The topological polar surface area (TPSA) is 48.5 Å². The lowest BCUT2D eigenvalue weighted by molar-refractivity contribution is 0.0783. The first-order valence-electron chi connectivity index (χ1n) is 6.21. The number of hydrogen-bond donors (Lipinski definition) is 1. The van der Waals surface area contributed by atoms with Gasteiger partial charge in [-0.15, -0.1) is 0 Å². The first-order valence-corrected chi connectivity index (χ1v) is 6.21. The first-order chi connectivity index (χ1) is 8.63. The van der Waals surface area contributed by atoms with E-state index >= 15 is 0 Å². The van der Waals surface area contributed by atoms with E-state index in [0.29, 0.717) is 11.6 Å². The average molecular weight is 248 g/mol. The Morgan fingerprint density at radius 2 is 2.33 bits per heavy atom. The third-order valence-electron chi connectivity index (χ3n) is 3.50. The summed E-state index contributed by atoms with van der Waals surface area (Å²) in [4.78, 5) is 20.5. The van der Waals surface area contributed by atoms with Crippen LogP contribution in [-0.4, -0.2) is 61.0 Å². The van der Waals surface area contributed by atoms with Crippen molar-refractivity contribution in [1.82, 2.24) is 14.8 Å². The molecule has 0 aromatic carbocycles. The highest BCUT2D eigenvalue weighted by molar-refractivity contribution is 5.99. The van der Waals surface area contributed by atoms with Crippen LogP contribution in [0.3, 0.4) is 0 Å². The Kier molecular flexibility index (Phi) is 3.81. The van der Waals surface area contributed by atoms with Crippen molar-refractivity contribution in [2.75, 3.05) is 39.5 Å². The summed E-state index contributed by atoms with van der Waals surface area (Å²) in [6.45, 7) is 1.61. The lowest BCUT2D eigenvalue weighted by Crippen LogP contribution is -2.34. The fraction of sp³-hybridized carbons (Fsp3) is 0.538. The normalized spacial score (nSPS) is 19.3. The molecular weight excluding hydrogens is 228 g/mol. The maximum absolute atomic E-state index is 12.4. The lowest BCUT2D eigenvalue weighted by atomic mass is 10.2. The number of nitrogens with one attached hydrogen (secondary N) is 1. The van der Waals surface area contributed by atoms with Crippen LogP contribution in [0.5, 0.6) is 0 Å². The molecule has 1 aromatic heterocycles. The van der Waals surface area contributed by atoms with Crippen molar-refractivity contribution in [2.24, 2.45) is 0 Å². The van der Waals surface area contributed by atoms with Gasteiger partial charge in [0, 0.05) is 44.3 Å². The van der Waals surface area contributed by atoms with Gasteiger partial charge in [-0.1, -0.05) is 0 Å². The predicted molar refractivity (Wildman–Crippen MR) is 71.8 cm³/mol. The van der Waals surface area contributed by atoms with Gasteiger partial charge in [0.1, 0.15) is 0 Å². The first kappa shape index (κ1) is 12.8. The van der Waals surface area contributed by atoms with Crippen molar-refractivity contribution in [3.05, 3.63) is 24.0 Å². The van der Waals surface area contributed by atoms with Gasteiger partial charge in [-0.2, -0.15) is 0 Å². The van der Waals surface area contributed by atoms with Gasteiger partial charge in [0.15, 0.2) is 0 Å². The van der Waals surface area contributed by atoms with E-state index in [1.807, 2.05) is 18.0 Å². The van der Waals surface area contributed by atoms with Gasteiger partial charge in [-0.25, -0.2) is 0 Å². The van der Waals surface area contributed by atoms with Crippen LogP contribution in [0.15, 0.2) is 18.5 Å². The van der Waals surface area contributed by atoms with E-state index in [0.717, 1.165) is 25.2 Å². The van der Waals surface area contributed by atoms with E-state index in [-0.39, 0.29) is 5.91 Å². The molecule has 1 atom stereocenters. The molecule has 18 heavy (non-hydrogen) atoms. The van der Waals surface area contributed by atoms with E-state index < -0.39 is 0 Å². The molecule has 1 aliphatic heterocycles. The van der Waals surface area contributed by atoms with Crippen molar-refractivity contribution >= 4 is 11.6 Å². The summed E-state index contributed by atoms with van der Waals surface area (Å²) in [5, 5.41) is 3.04. The van der Waals surface area contributed by atoms with Crippen LogP contribution in [-0.2, 0) is 0 Å². The standard InChI is InChI=1S/C13H20N4O/c1-14-12-4-6-15-8-11(12)13(18)17-7-5-10(9-17)16(2)3/h4,6,8,10H,5,7,9H2,1-3H3,(H,14,15). The van der Waals surface area contributed by atoms with E-state index in [2.05, 4.69) is 29.3 Å². The molecule has 0 bridgehead atoms. The lowest BCUT2D eigenvalue weighted by Gasteiger charge is -2.21. The van der Waals surface area contributed by atoms with Crippen LogP contribution in [0, 0.1) is 0 Å². The maximum Gasteiger partial charge on any atom is 0.257 e. The number of likely N-dealkylation sites (tertiary alicyclic amines) is 1. The van der Waals surface area contributed by atoms with Gasteiger partial charge < -0.3 is 15.1 Å². The number of carbonyl (C=O) groups excluding carboxylic acids is 1. The molecule has 2 heterocycles. The largest absolute Gasteiger partial charge is 0.387 e. The summed E-state index contributed by atoms with van der Waals surface area (Å²) >= 11 is 0. The van der Waals surface area contributed by atoms with Gasteiger partial charge >= 0.3 is 0 Å². The SMILES string of the molecule is CNc1ccncc1C(=O)N1CCC(N(C)C)C1. The molecule has 1 saturated heterocycles. The molecular formula is C13H20N4O. The third kappa shape index (κ3) is 2.46.